The second kappa shape index (κ2) is 6.76. The second-order valence-corrected chi connectivity index (χ2v) is 7.85. The lowest BCUT2D eigenvalue weighted by atomic mass is 10.2. The molecule has 0 saturated heterocycles. The first-order valence-corrected chi connectivity index (χ1v) is 9.56. The van der Waals surface area contributed by atoms with Crippen molar-refractivity contribution in [1.29, 1.82) is 0 Å². The quantitative estimate of drug-likeness (QED) is 0.731. The van der Waals surface area contributed by atoms with Gasteiger partial charge in [-0.1, -0.05) is 18.2 Å². The summed E-state index contributed by atoms with van der Waals surface area (Å²) in [5.74, 6) is 0.730. The fourth-order valence-electron chi connectivity index (χ4n) is 2.25. The molecule has 24 heavy (non-hydrogen) atoms. The van der Waals surface area contributed by atoms with Crippen molar-refractivity contribution in [1.82, 2.24) is 14.5 Å². The third kappa shape index (κ3) is 3.50. The highest BCUT2D eigenvalue weighted by atomic mass is 32.2. The largest absolute Gasteiger partial charge is 0.497 e. The third-order valence-electron chi connectivity index (χ3n) is 3.46. The van der Waals surface area contributed by atoms with Crippen molar-refractivity contribution in [3.05, 3.63) is 53.5 Å². The first-order chi connectivity index (χ1) is 11.5. The normalized spacial score (nSPS) is 11.6. The number of benzene rings is 1. The predicted molar refractivity (Wildman–Crippen MR) is 93.5 cm³/mol. The van der Waals surface area contributed by atoms with Gasteiger partial charge in [-0.05, 0) is 29.1 Å². The van der Waals surface area contributed by atoms with Gasteiger partial charge in [0.2, 0.25) is 10.0 Å². The van der Waals surface area contributed by atoms with Gasteiger partial charge in [0.1, 0.15) is 16.3 Å². The molecule has 126 valence electrons. The monoisotopic (exact) mass is 363 g/mol. The lowest BCUT2D eigenvalue weighted by molar-refractivity contribution is 0.414. The van der Waals surface area contributed by atoms with Gasteiger partial charge in [-0.25, -0.2) is 13.1 Å². The molecular weight excluding hydrogens is 346 g/mol. The number of nitrogens with one attached hydrogen (secondary N) is 1. The lowest BCUT2D eigenvalue weighted by Gasteiger charge is -2.07. The highest BCUT2D eigenvalue weighted by molar-refractivity contribution is 7.89. The van der Waals surface area contributed by atoms with Crippen molar-refractivity contribution in [3.8, 4) is 16.3 Å². The molecule has 1 aromatic carbocycles. The number of sulfonamides is 1. The number of aryl methyl sites for hydroxylation is 1. The molecule has 3 aromatic rings. The van der Waals surface area contributed by atoms with E-state index in [2.05, 4.69) is 9.82 Å². The number of methoxy groups -OCH3 is 1. The minimum atomic E-state index is -3.67. The number of hydrogen-bond acceptors (Lipinski definition) is 5. The Hall–Kier alpha value is -2.16. The average Bonchev–Trinajstić information content (AvgIpc) is 3.23. The summed E-state index contributed by atoms with van der Waals surface area (Å²) in [5.41, 5.74) is 1.32. The minimum Gasteiger partial charge on any atom is -0.497 e. The molecule has 2 aromatic heterocycles. The summed E-state index contributed by atoms with van der Waals surface area (Å²) < 4.78 is 34.6. The van der Waals surface area contributed by atoms with E-state index in [0.29, 0.717) is 5.69 Å². The van der Waals surface area contributed by atoms with E-state index >= 15 is 0 Å². The van der Waals surface area contributed by atoms with Crippen LogP contribution in [0.3, 0.4) is 0 Å². The number of nitrogens with zero attached hydrogens (tertiary/aromatic N) is 2. The zero-order valence-corrected chi connectivity index (χ0v) is 14.9. The maximum Gasteiger partial charge on any atom is 0.244 e. The molecule has 0 atom stereocenters. The molecule has 0 unspecified atom stereocenters. The Morgan fingerprint density at radius 2 is 2.00 bits per heavy atom. The van der Waals surface area contributed by atoms with Crippen LogP contribution in [0.1, 0.15) is 5.56 Å². The van der Waals surface area contributed by atoms with Crippen molar-refractivity contribution in [2.45, 2.75) is 11.4 Å². The molecule has 0 fully saturated rings. The molecule has 8 heteroatoms. The Labute approximate surface area is 144 Å². The molecule has 0 bridgehead atoms. The van der Waals surface area contributed by atoms with E-state index in [0.717, 1.165) is 16.2 Å². The lowest BCUT2D eigenvalue weighted by Crippen LogP contribution is -2.23. The third-order valence-corrected chi connectivity index (χ3v) is 5.74. The molecule has 3 rings (SSSR count). The number of hydrogen-bond donors (Lipinski definition) is 1. The molecule has 0 aliphatic rings. The van der Waals surface area contributed by atoms with Gasteiger partial charge in [0.05, 0.1) is 12.0 Å². The minimum absolute atomic E-state index is 0.181. The highest BCUT2D eigenvalue weighted by Gasteiger charge is 2.23. The molecule has 0 amide bonds. The first-order valence-electron chi connectivity index (χ1n) is 7.20. The Morgan fingerprint density at radius 3 is 2.62 bits per heavy atom. The van der Waals surface area contributed by atoms with Gasteiger partial charge >= 0.3 is 0 Å². The van der Waals surface area contributed by atoms with E-state index in [4.69, 9.17) is 4.74 Å². The van der Waals surface area contributed by atoms with Gasteiger partial charge in [0.15, 0.2) is 0 Å². The Morgan fingerprint density at radius 1 is 1.25 bits per heavy atom. The van der Waals surface area contributed by atoms with Gasteiger partial charge in [0.25, 0.3) is 0 Å². The van der Waals surface area contributed by atoms with Crippen molar-refractivity contribution in [2.75, 3.05) is 7.11 Å². The zero-order chi connectivity index (χ0) is 17.2. The SMILES string of the molecule is COc1ccc(CNS(=O)(=O)c2cn(C)nc2-c2cccs2)cc1. The fraction of sp³-hybridized carbons (Fsp3) is 0.188. The second-order valence-electron chi connectivity index (χ2n) is 5.17. The summed E-state index contributed by atoms with van der Waals surface area (Å²) in [7, 11) is -0.370. The molecule has 0 aliphatic carbocycles. The Kier molecular flexibility index (Phi) is 4.70. The van der Waals surface area contributed by atoms with Crippen molar-refractivity contribution in [2.24, 2.45) is 7.05 Å². The van der Waals surface area contributed by atoms with E-state index in [1.807, 2.05) is 29.6 Å². The summed E-state index contributed by atoms with van der Waals surface area (Å²) in [5, 5.41) is 6.18. The number of ether oxygens (including phenoxy) is 1. The van der Waals surface area contributed by atoms with Crippen LogP contribution in [-0.4, -0.2) is 25.3 Å². The number of rotatable bonds is 6. The summed E-state index contributed by atoms with van der Waals surface area (Å²) in [6.07, 6.45) is 1.52. The van der Waals surface area contributed by atoms with Crippen LogP contribution < -0.4 is 9.46 Å². The van der Waals surface area contributed by atoms with E-state index in [1.165, 1.54) is 22.2 Å². The van der Waals surface area contributed by atoms with Gasteiger partial charge in [0, 0.05) is 19.8 Å². The van der Waals surface area contributed by atoms with Gasteiger partial charge < -0.3 is 4.74 Å². The zero-order valence-electron chi connectivity index (χ0n) is 13.3. The molecule has 6 nitrogen and oxygen atoms in total. The molecule has 0 radical (unpaired) electrons. The summed E-state index contributed by atoms with van der Waals surface area (Å²) in [6.45, 7) is 0.200. The Bertz CT molecular complexity index is 914. The summed E-state index contributed by atoms with van der Waals surface area (Å²) >= 11 is 1.46. The van der Waals surface area contributed by atoms with Crippen LogP contribution in [0, 0.1) is 0 Å². The van der Waals surface area contributed by atoms with Gasteiger partial charge in [-0.3, -0.25) is 4.68 Å². The molecule has 1 N–H and O–H groups in total. The standard InChI is InChI=1S/C16H17N3O3S2/c1-19-11-15(16(18-19)14-4-3-9-23-14)24(20,21)17-10-12-5-7-13(22-2)8-6-12/h3-9,11,17H,10H2,1-2H3. The van der Waals surface area contributed by atoms with Gasteiger partial charge in [-0.2, -0.15) is 5.10 Å². The van der Waals surface area contributed by atoms with E-state index in [-0.39, 0.29) is 11.4 Å². The maximum atomic E-state index is 12.7. The van der Waals surface area contributed by atoms with Gasteiger partial charge in [-0.15, -0.1) is 11.3 Å². The van der Waals surface area contributed by atoms with Crippen LogP contribution in [0.5, 0.6) is 5.75 Å². The molecule has 2 heterocycles. The topological polar surface area (TPSA) is 73.2 Å². The number of thiophene rings is 1. The average molecular weight is 363 g/mol. The van der Waals surface area contributed by atoms with Crippen LogP contribution in [0.15, 0.2) is 52.9 Å². The smallest absolute Gasteiger partial charge is 0.244 e. The molecule has 0 saturated carbocycles. The highest BCUT2D eigenvalue weighted by Crippen LogP contribution is 2.29. The van der Waals surface area contributed by atoms with Crippen LogP contribution in [0.2, 0.25) is 0 Å². The maximum absolute atomic E-state index is 12.7. The van der Waals surface area contributed by atoms with E-state index in [1.54, 1.807) is 26.3 Å². The predicted octanol–water partition coefficient (Wildman–Crippen LogP) is 2.64. The molecular formula is C16H17N3O3S2. The summed E-state index contributed by atoms with van der Waals surface area (Å²) in [4.78, 5) is 1.00. The summed E-state index contributed by atoms with van der Waals surface area (Å²) in [6, 6.07) is 11.0. The van der Waals surface area contributed by atoms with Crippen LogP contribution in [-0.2, 0) is 23.6 Å². The van der Waals surface area contributed by atoms with Crippen molar-refractivity contribution >= 4 is 21.4 Å². The van der Waals surface area contributed by atoms with Crippen LogP contribution in [0.4, 0.5) is 0 Å². The molecule has 0 spiro atoms. The van der Waals surface area contributed by atoms with E-state index in [9.17, 15) is 8.42 Å². The van der Waals surface area contributed by atoms with Crippen LogP contribution >= 0.6 is 11.3 Å². The first kappa shape index (κ1) is 16.7. The Balaban J connectivity index is 1.83. The van der Waals surface area contributed by atoms with Crippen LogP contribution in [0.25, 0.3) is 10.6 Å². The van der Waals surface area contributed by atoms with Crippen molar-refractivity contribution in [3.63, 3.8) is 0 Å². The van der Waals surface area contributed by atoms with Crippen molar-refractivity contribution < 1.29 is 13.2 Å². The van der Waals surface area contributed by atoms with E-state index < -0.39 is 10.0 Å². The molecule has 0 aliphatic heterocycles. The number of aromatic nitrogens is 2. The fourth-order valence-corrected chi connectivity index (χ4v) is 4.24.